The molecule has 2 atom stereocenters. The molecule has 2 unspecified atom stereocenters. The van der Waals surface area contributed by atoms with E-state index in [1.807, 2.05) is 19.1 Å². The summed E-state index contributed by atoms with van der Waals surface area (Å²) < 4.78 is 1.44. The van der Waals surface area contributed by atoms with Crippen molar-refractivity contribution in [3.05, 3.63) is 40.2 Å². The van der Waals surface area contributed by atoms with Gasteiger partial charge < -0.3 is 10.8 Å². The molecular formula is C14H15ClN4O2. The van der Waals surface area contributed by atoms with Gasteiger partial charge in [-0.05, 0) is 30.5 Å². The monoisotopic (exact) mass is 306 g/mol. The first-order valence-corrected chi connectivity index (χ1v) is 7.05. The maximum Gasteiger partial charge on any atom is 0.329 e. The quantitative estimate of drug-likeness (QED) is 0.887. The molecule has 21 heavy (non-hydrogen) atoms. The van der Waals surface area contributed by atoms with Gasteiger partial charge in [0.25, 0.3) is 0 Å². The first-order chi connectivity index (χ1) is 9.99. The highest BCUT2D eigenvalue weighted by Gasteiger charge is 2.38. The van der Waals surface area contributed by atoms with Crippen molar-refractivity contribution in [1.82, 2.24) is 14.8 Å². The van der Waals surface area contributed by atoms with Gasteiger partial charge >= 0.3 is 5.97 Å². The van der Waals surface area contributed by atoms with Crippen LogP contribution in [0.4, 0.5) is 5.95 Å². The molecule has 1 aromatic heterocycles. The molecule has 6 nitrogen and oxygen atoms in total. The van der Waals surface area contributed by atoms with Crippen molar-refractivity contribution >= 4 is 23.5 Å². The Morgan fingerprint density at radius 2 is 2.29 bits per heavy atom. The smallest absolute Gasteiger partial charge is 0.329 e. The Morgan fingerprint density at radius 1 is 1.52 bits per heavy atom. The maximum absolute atomic E-state index is 11.7. The van der Waals surface area contributed by atoms with Gasteiger partial charge in [0.2, 0.25) is 5.95 Å². The Balaban J connectivity index is 2.11. The minimum absolute atomic E-state index is 0.111. The van der Waals surface area contributed by atoms with Crippen molar-refractivity contribution < 1.29 is 9.90 Å². The van der Waals surface area contributed by atoms with Crippen LogP contribution in [0.5, 0.6) is 0 Å². The van der Waals surface area contributed by atoms with E-state index in [4.69, 9.17) is 17.3 Å². The van der Waals surface area contributed by atoms with Crippen LogP contribution in [0.2, 0.25) is 5.02 Å². The number of hydrogen-bond acceptors (Lipinski definition) is 4. The zero-order valence-corrected chi connectivity index (χ0v) is 12.2. The first kappa shape index (κ1) is 13.9. The highest BCUT2D eigenvalue weighted by molar-refractivity contribution is 6.31. The van der Waals surface area contributed by atoms with Crippen LogP contribution in [0.25, 0.3) is 0 Å². The third kappa shape index (κ3) is 2.25. The fourth-order valence-corrected chi connectivity index (χ4v) is 3.19. The van der Waals surface area contributed by atoms with Crippen LogP contribution in [0.1, 0.15) is 35.3 Å². The number of nitrogens with zero attached hydrogens (tertiary/aromatic N) is 3. The van der Waals surface area contributed by atoms with Crippen molar-refractivity contribution in [3.63, 3.8) is 0 Å². The molecule has 0 spiro atoms. The van der Waals surface area contributed by atoms with E-state index in [-0.39, 0.29) is 11.9 Å². The number of hydrogen-bond donors (Lipinski definition) is 2. The highest BCUT2D eigenvalue weighted by atomic mass is 35.5. The SMILES string of the molecule is Cc1c(Cl)cccc1C1CCc2nc(N)nn2C1C(=O)O. The van der Waals surface area contributed by atoms with Gasteiger partial charge in [0, 0.05) is 17.4 Å². The Morgan fingerprint density at radius 3 is 3.00 bits per heavy atom. The number of rotatable bonds is 2. The van der Waals surface area contributed by atoms with Crippen LogP contribution in [-0.4, -0.2) is 25.8 Å². The summed E-state index contributed by atoms with van der Waals surface area (Å²) in [5.74, 6) is -0.407. The van der Waals surface area contributed by atoms with Crippen LogP contribution in [-0.2, 0) is 11.2 Å². The van der Waals surface area contributed by atoms with Gasteiger partial charge in [-0.3, -0.25) is 0 Å². The number of carboxylic acids is 1. The van der Waals surface area contributed by atoms with Crippen molar-refractivity contribution in [2.24, 2.45) is 0 Å². The average molecular weight is 307 g/mol. The molecule has 0 bridgehead atoms. The summed E-state index contributed by atoms with van der Waals surface area (Å²) in [6.45, 7) is 1.90. The molecule has 110 valence electrons. The van der Waals surface area contributed by atoms with Crippen LogP contribution >= 0.6 is 11.6 Å². The second-order valence-electron chi connectivity index (χ2n) is 5.21. The topological polar surface area (TPSA) is 94.0 Å². The lowest BCUT2D eigenvalue weighted by molar-refractivity contribution is -0.142. The number of aryl methyl sites for hydroxylation is 1. The van der Waals surface area contributed by atoms with E-state index >= 15 is 0 Å². The molecule has 2 aromatic rings. The molecule has 1 aromatic carbocycles. The number of aliphatic carboxylic acids is 1. The molecule has 0 fully saturated rings. The number of aromatic nitrogens is 3. The number of benzene rings is 1. The number of nitrogen functional groups attached to an aromatic ring is 1. The standard InChI is InChI=1S/C14H15ClN4O2/c1-7-8(3-2-4-10(7)15)9-5-6-11-17-14(16)18-19(11)12(9)13(20)21/h2-4,9,12H,5-6H2,1H3,(H2,16,18)(H,20,21). The summed E-state index contributed by atoms with van der Waals surface area (Å²) >= 11 is 6.16. The Labute approximate surface area is 126 Å². The second-order valence-corrected chi connectivity index (χ2v) is 5.62. The number of fused-ring (bicyclic) bond motifs is 1. The van der Waals surface area contributed by atoms with E-state index in [2.05, 4.69) is 10.1 Å². The Bertz CT molecular complexity index is 713. The zero-order chi connectivity index (χ0) is 15.1. The third-order valence-electron chi connectivity index (χ3n) is 4.00. The Kier molecular flexibility index (Phi) is 3.33. The molecule has 0 aliphatic carbocycles. The number of halogens is 1. The van der Waals surface area contributed by atoms with E-state index in [1.54, 1.807) is 6.07 Å². The number of carbonyl (C=O) groups is 1. The van der Waals surface area contributed by atoms with E-state index in [9.17, 15) is 9.90 Å². The minimum Gasteiger partial charge on any atom is -0.480 e. The van der Waals surface area contributed by atoms with Gasteiger partial charge in [-0.1, -0.05) is 23.7 Å². The first-order valence-electron chi connectivity index (χ1n) is 6.67. The van der Waals surface area contributed by atoms with Gasteiger partial charge in [0.1, 0.15) is 5.82 Å². The summed E-state index contributed by atoms with van der Waals surface area (Å²) in [4.78, 5) is 15.8. The molecular weight excluding hydrogens is 292 g/mol. The normalized spacial score (nSPS) is 21.0. The lowest BCUT2D eigenvalue weighted by atomic mass is 9.83. The maximum atomic E-state index is 11.7. The molecule has 2 heterocycles. The molecule has 7 heteroatoms. The largest absolute Gasteiger partial charge is 0.480 e. The summed E-state index contributed by atoms with van der Waals surface area (Å²) in [5, 5.41) is 14.3. The molecule has 3 N–H and O–H groups in total. The second kappa shape index (κ2) is 5.04. The zero-order valence-electron chi connectivity index (χ0n) is 11.5. The molecule has 1 aliphatic heterocycles. The van der Waals surface area contributed by atoms with Gasteiger partial charge in [0.05, 0.1) is 0 Å². The molecule has 3 rings (SSSR count). The van der Waals surface area contributed by atoms with Crippen molar-refractivity contribution in [3.8, 4) is 0 Å². The third-order valence-corrected chi connectivity index (χ3v) is 4.41. The van der Waals surface area contributed by atoms with E-state index < -0.39 is 12.0 Å². The molecule has 0 amide bonds. The minimum atomic E-state index is -0.940. The summed E-state index contributed by atoms with van der Waals surface area (Å²) in [6.07, 6.45) is 1.32. The lowest BCUT2D eigenvalue weighted by Gasteiger charge is -2.30. The summed E-state index contributed by atoms with van der Waals surface area (Å²) in [5.41, 5.74) is 7.45. The Hall–Kier alpha value is -2.08. The van der Waals surface area contributed by atoms with Crippen LogP contribution in [0.3, 0.4) is 0 Å². The van der Waals surface area contributed by atoms with Gasteiger partial charge in [-0.15, -0.1) is 5.10 Å². The van der Waals surface area contributed by atoms with Crippen LogP contribution in [0.15, 0.2) is 18.2 Å². The van der Waals surface area contributed by atoms with Gasteiger partial charge in [0.15, 0.2) is 6.04 Å². The van der Waals surface area contributed by atoms with Gasteiger partial charge in [-0.25, -0.2) is 9.48 Å². The number of nitrogens with two attached hydrogens (primary N) is 1. The molecule has 0 saturated heterocycles. The van der Waals surface area contributed by atoms with Crippen molar-refractivity contribution in [2.45, 2.75) is 31.7 Å². The van der Waals surface area contributed by atoms with Gasteiger partial charge in [-0.2, -0.15) is 4.98 Å². The summed E-state index contributed by atoms with van der Waals surface area (Å²) in [6, 6.07) is 4.76. The highest BCUT2D eigenvalue weighted by Crippen LogP contribution is 2.40. The molecule has 0 radical (unpaired) electrons. The van der Waals surface area contributed by atoms with E-state index in [0.29, 0.717) is 23.7 Å². The molecule has 1 aliphatic rings. The predicted octanol–water partition coefficient (Wildman–Crippen LogP) is 2.18. The summed E-state index contributed by atoms with van der Waals surface area (Å²) in [7, 11) is 0. The predicted molar refractivity (Wildman–Crippen MR) is 78.4 cm³/mol. The van der Waals surface area contributed by atoms with Crippen LogP contribution < -0.4 is 5.73 Å². The van der Waals surface area contributed by atoms with Crippen molar-refractivity contribution in [1.29, 1.82) is 0 Å². The lowest BCUT2D eigenvalue weighted by Crippen LogP contribution is -2.32. The van der Waals surface area contributed by atoms with Crippen molar-refractivity contribution in [2.75, 3.05) is 5.73 Å². The fourth-order valence-electron chi connectivity index (χ4n) is 3.01. The average Bonchev–Trinajstić information content (AvgIpc) is 2.80. The van der Waals surface area contributed by atoms with E-state index in [0.717, 1.165) is 11.1 Å². The number of anilines is 1. The van der Waals surface area contributed by atoms with Crippen LogP contribution in [0, 0.1) is 6.92 Å². The van der Waals surface area contributed by atoms with E-state index in [1.165, 1.54) is 4.68 Å². The number of carboxylic acid groups (broad SMARTS) is 1. The molecule has 0 saturated carbocycles. The fraction of sp³-hybridized carbons (Fsp3) is 0.357.